The van der Waals surface area contributed by atoms with Crippen molar-refractivity contribution < 1.29 is 8.78 Å². The molecule has 0 aliphatic heterocycles. The van der Waals surface area contributed by atoms with Crippen LogP contribution in [0.3, 0.4) is 0 Å². The number of benzene rings is 1. The first-order valence-corrected chi connectivity index (χ1v) is 6.31. The van der Waals surface area contributed by atoms with Gasteiger partial charge in [0, 0.05) is 5.56 Å². The molecule has 3 N–H and O–H groups in total. The standard InChI is InChI=1S/C14H16F2N4/c1-3-13-10(6-8(2)19-20-13)14(18-17)9-4-5-11(15)12(16)7-9/h4-7,14,18H,3,17H2,1-2H3. The molecule has 20 heavy (non-hydrogen) atoms. The van der Waals surface area contributed by atoms with E-state index in [9.17, 15) is 8.78 Å². The number of rotatable bonds is 4. The Bertz CT molecular complexity index is 616. The maximum absolute atomic E-state index is 13.4. The van der Waals surface area contributed by atoms with Crippen LogP contribution >= 0.6 is 0 Å². The molecule has 0 aliphatic carbocycles. The average molecular weight is 278 g/mol. The number of halogens is 2. The normalized spacial score (nSPS) is 12.4. The third-order valence-corrected chi connectivity index (χ3v) is 3.12. The van der Waals surface area contributed by atoms with Gasteiger partial charge in [-0.2, -0.15) is 10.2 Å². The molecule has 1 aromatic heterocycles. The van der Waals surface area contributed by atoms with Gasteiger partial charge < -0.3 is 0 Å². The summed E-state index contributed by atoms with van der Waals surface area (Å²) in [6, 6.07) is 5.10. The zero-order valence-corrected chi connectivity index (χ0v) is 11.3. The van der Waals surface area contributed by atoms with Crippen molar-refractivity contribution in [2.24, 2.45) is 5.84 Å². The number of aryl methyl sites for hydroxylation is 2. The Morgan fingerprint density at radius 3 is 2.55 bits per heavy atom. The van der Waals surface area contributed by atoms with Crippen LogP contribution in [0.4, 0.5) is 8.78 Å². The number of hydrogen-bond acceptors (Lipinski definition) is 4. The predicted molar refractivity (Wildman–Crippen MR) is 71.7 cm³/mol. The zero-order valence-electron chi connectivity index (χ0n) is 11.3. The highest BCUT2D eigenvalue weighted by Gasteiger charge is 2.18. The van der Waals surface area contributed by atoms with Crippen LogP contribution in [0.2, 0.25) is 0 Å². The lowest BCUT2D eigenvalue weighted by atomic mass is 9.96. The molecular formula is C14H16F2N4. The molecule has 4 nitrogen and oxygen atoms in total. The second kappa shape index (κ2) is 6.02. The lowest BCUT2D eigenvalue weighted by molar-refractivity contribution is 0.503. The van der Waals surface area contributed by atoms with E-state index >= 15 is 0 Å². The molecule has 1 aromatic carbocycles. The molecule has 0 saturated heterocycles. The van der Waals surface area contributed by atoms with Gasteiger partial charge in [-0.1, -0.05) is 13.0 Å². The SMILES string of the molecule is CCc1nnc(C)cc1C(NN)c1ccc(F)c(F)c1. The molecule has 106 valence electrons. The first kappa shape index (κ1) is 14.5. The van der Waals surface area contributed by atoms with E-state index in [2.05, 4.69) is 15.6 Å². The largest absolute Gasteiger partial charge is 0.271 e. The fourth-order valence-corrected chi connectivity index (χ4v) is 2.12. The summed E-state index contributed by atoms with van der Waals surface area (Å²) in [4.78, 5) is 0. The Hall–Kier alpha value is -1.92. The van der Waals surface area contributed by atoms with Crippen LogP contribution in [0.1, 0.15) is 35.5 Å². The smallest absolute Gasteiger partial charge is 0.159 e. The fourth-order valence-electron chi connectivity index (χ4n) is 2.12. The van der Waals surface area contributed by atoms with Crippen molar-refractivity contribution in [3.05, 3.63) is 58.4 Å². The molecule has 0 spiro atoms. The summed E-state index contributed by atoms with van der Waals surface area (Å²) in [5.41, 5.74) is 5.48. The fraction of sp³-hybridized carbons (Fsp3) is 0.286. The van der Waals surface area contributed by atoms with Gasteiger partial charge in [0.2, 0.25) is 0 Å². The minimum absolute atomic E-state index is 0.464. The molecule has 6 heteroatoms. The van der Waals surface area contributed by atoms with Gasteiger partial charge in [-0.05, 0) is 37.1 Å². The Balaban J connectivity index is 2.51. The van der Waals surface area contributed by atoms with Gasteiger partial charge >= 0.3 is 0 Å². The minimum Gasteiger partial charge on any atom is -0.271 e. The van der Waals surface area contributed by atoms with E-state index in [0.29, 0.717) is 12.0 Å². The number of hydrazine groups is 1. The molecule has 0 saturated carbocycles. The summed E-state index contributed by atoms with van der Waals surface area (Å²) in [6.07, 6.45) is 0.671. The van der Waals surface area contributed by atoms with Crippen LogP contribution in [-0.2, 0) is 6.42 Å². The first-order chi connectivity index (χ1) is 9.56. The van der Waals surface area contributed by atoms with Gasteiger partial charge in [0.05, 0.1) is 17.4 Å². The monoisotopic (exact) mass is 278 g/mol. The number of aromatic nitrogens is 2. The minimum atomic E-state index is -0.903. The highest BCUT2D eigenvalue weighted by molar-refractivity contribution is 5.35. The molecule has 0 fully saturated rings. The van der Waals surface area contributed by atoms with E-state index in [4.69, 9.17) is 5.84 Å². The summed E-state index contributed by atoms with van der Waals surface area (Å²) in [5, 5.41) is 8.12. The third-order valence-electron chi connectivity index (χ3n) is 3.12. The Morgan fingerprint density at radius 1 is 1.20 bits per heavy atom. The summed E-state index contributed by atoms with van der Waals surface area (Å²) in [5.74, 6) is 3.80. The molecule has 1 unspecified atom stereocenters. The van der Waals surface area contributed by atoms with Gasteiger partial charge in [0.25, 0.3) is 0 Å². The predicted octanol–water partition coefficient (Wildman–Crippen LogP) is 2.18. The number of nitrogens with two attached hydrogens (primary N) is 1. The van der Waals surface area contributed by atoms with Crippen LogP contribution in [-0.4, -0.2) is 10.2 Å². The summed E-state index contributed by atoms with van der Waals surface area (Å²) < 4.78 is 26.4. The second-order valence-electron chi connectivity index (χ2n) is 4.51. The highest BCUT2D eigenvalue weighted by atomic mass is 19.2. The van der Waals surface area contributed by atoms with Crippen molar-refractivity contribution in [2.45, 2.75) is 26.3 Å². The molecular weight excluding hydrogens is 262 g/mol. The number of hydrogen-bond donors (Lipinski definition) is 2. The van der Waals surface area contributed by atoms with Crippen LogP contribution in [0, 0.1) is 18.6 Å². The maximum atomic E-state index is 13.4. The van der Waals surface area contributed by atoms with Crippen molar-refractivity contribution in [1.82, 2.24) is 15.6 Å². The van der Waals surface area contributed by atoms with Crippen molar-refractivity contribution >= 4 is 0 Å². The van der Waals surface area contributed by atoms with Crippen molar-refractivity contribution in [2.75, 3.05) is 0 Å². The van der Waals surface area contributed by atoms with Gasteiger partial charge in [0.1, 0.15) is 0 Å². The topological polar surface area (TPSA) is 63.8 Å². The Morgan fingerprint density at radius 2 is 1.95 bits per heavy atom. The van der Waals surface area contributed by atoms with E-state index in [-0.39, 0.29) is 0 Å². The summed E-state index contributed by atoms with van der Waals surface area (Å²) >= 11 is 0. The third kappa shape index (κ3) is 2.81. The average Bonchev–Trinajstić information content (AvgIpc) is 2.44. The lowest BCUT2D eigenvalue weighted by Crippen LogP contribution is -2.30. The molecule has 1 heterocycles. The summed E-state index contributed by atoms with van der Waals surface area (Å²) in [7, 11) is 0. The number of nitrogens with zero attached hydrogens (tertiary/aromatic N) is 2. The van der Waals surface area contributed by atoms with E-state index in [0.717, 1.165) is 29.1 Å². The Labute approximate surface area is 116 Å². The quantitative estimate of drug-likeness (QED) is 0.664. The van der Waals surface area contributed by atoms with E-state index < -0.39 is 17.7 Å². The van der Waals surface area contributed by atoms with Crippen molar-refractivity contribution in [3.8, 4) is 0 Å². The molecule has 0 amide bonds. The molecule has 2 rings (SSSR count). The van der Waals surface area contributed by atoms with E-state index in [1.807, 2.05) is 19.9 Å². The second-order valence-corrected chi connectivity index (χ2v) is 4.51. The summed E-state index contributed by atoms with van der Waals surface area (Å²) in [6.45, 7) is 3.76. The van der Waals surface area contributed by atoms with Crippen LogP contribution < -0.4 is 11.3 Å². The number of nitrogens with one attached hydrogen (secondary N) is 1. The van der Waals surface area contributed by atoms with Crippen LogP contribution in [0.15, 0.2) is 24.3 Å². The van der Waals surface area contributed by atoms with Crippen molar-refractivity contribution in [1.29, 1.82) is 0 Å². The molecule has 1 atom stereocenters. The molecule has 0 bridgehead atoms. The zero-order chi connectivity index (χ0) is 14.7. The highest BCUT2D eigenvalue weighted by Crippen LogP contribution is 2.25. The first-order valence-electron chi connectivity index (χ1n) is 6.31. The van der Waals surface area contributed by atoms with Gasteiger partial charge in [0.15, 0.2) is 11.6 Å². The van der Waals surface area contributed by atoms with Gasteiger partial charge in [-0.15, -0.1) is 0 Å². The molecule has 0 radical (unpaired) electrons. The molecule has 0 aliphatic rings. The Kier molecular flexibility index (Phi) is 4.36. The lowest BCUT2D eigenvalue weighted by Gasteiger charge is -2.19. The van der Waals surface area contributed by atoms with E-state index in [1.165, 1.54) is 6.07 Å². The van der Waals surface area contributed by atoms with Crippen LogP contribution in [0.5, 0.6) is 0 Å². The van der Waals surface area contributed by atoms with Gasteiger partial charge in [-0.3, -0.25) is 5.84 Å². The van der Waals surface area contributed by atoms with Crippen molar-refractivity contribution in [3.63, 3.8) is 0 Å². The van der Waals surface area contributed by atoms with Crippen LogP contribution in [0.25, 0.3) is 0 Å². The maximum Gasteiger partial charge on any atom is 0.159 e. The van der Waals surface area contributed by atoms with Gasteiger partial charge in [-0.25, -0.2) is 14.2 Å². The van der Waals surface area contributed by atoms with E-state index in [1.54, 1.807) is 0 Å². The molecule has 2 aromatic rings.